The molecule has 1 aromatic heterocycles. The number of fused-ring (bicyclic) bond motifs is 2. The molecule has 6 rings (SSSR count). The lowest BCUT2D eigenvalue weighted by Crippen LogP contribution is -2.55. The molecule has 0 radical (unpaired) electrons. The molecular formula is C34H39ClFN7O2. The number of piperazine rings is 1. The summed E-state index contributed by atoms with van der Waals surface area (Å²) in [5.74, 6) is -1.02. The second kappa shape index (κ2) is 12.8. The average Bonchev–Trinajstić information content (AvgIpc) is 3.01. The van der Waals surface area contributed by atoms with E-state index in [0.717, 1.165) is 59.5 Å². The zero-order valence-electron chi connectivity index (χ0n) is 25.9. The van der Waals surface area contributed by atoms with Gasteiger partial charge in [0.2, 0.25) is 0 Å². The number of amides is 1. The third-order valence-corrected chi connectivity index (χ3v) is 9.69. The Bertz CT molecular complexity index is 1650. The average molecular weight is 632 g/mol. The van der Waals surface area contributed by atoms with Gasteiger partial charge in [-0.05, 0) is 50.9 Å². The first-order valence-electron chi connectivity index (χ1n) is 15.5. The van der Waals surface area contributed by atoms with Gasteiger partial charge in [0.25, 0.3) is 5.91 Å². The number of hydrogen-bond donors (Lipinski definition) is 0. The van der Waals surface area contributed by atoms with Gasteiger partial charge in [-0.15, -0.1) is 0 Å². The summed E-state index contributed by atoms with van der Waals surface area (Å²) in [7, 11) is 4.17. The molecule has 9 nitrogen and oxygen atoms in total. The minimum atomic E-state index is -1.02. The van der Waals surface area contributed by atoms with Crippen molar-refractivity contribution in [2.45, 2.75) is 44.7 Å². The highest BCUT2D eigenvalue weighted by Gasteiger charge is 2.39. The zero-order chi connectivity index (χ0) is 31.7. The molecular weight excluding hydrogens is 593 g/mol. The maximum atomic E-state index is 13.8. The van der Waals surface area contributed by atoms with Gasteiger partial charge in [-0.3, -0.25) is 4.79 Å². The van der Waals surface area contributed by atoms with Crippen molar-refractivity contribution in [2.24, 2.45) is 5.41 Å². The molecule has 0 N–H and O–H groups in total. The van der Waals surface area contributed by atoms with Gasteiger partial charge in [0, 0.05) is 54.8 Å². The van der Waals surface area contributed by atoms with Crippen molar-refractivity contribution in [3.8, 4) is 12.1 Å². The van der Waals surface area contributed by atoms with E-state index in [1.807, 2.05) is 12.1 Å². The van der Waals surface area contributed by atoms with Crippen molar-refractivity contribution < 1.29 is 13.9 Å². The summed E-state index contributed by atoms with van der Waals surface area (Å²) in [5, 5.41) is 12.3. The van der Waals surface area contributed by atoms with Crippen LogP contribution in [0.4, 0.5) is 15.9 Å². The summed E-state index contributed by atoms with van der Waals surface area (Å²) in [6.45, 7) is 7.00. The molecule has 2 aliphatic heterocycles. The van der Waals surface area contributed by atoms with E-state index < -0.39 is 17.8 Å². The molecule has 1 amide bonds. The summed E-state index contributed by atoms with van der Waals surface area (Å²) in [6, 6.07) is 14.2. The summed E-state index contributed by atoms with van der Waals surface area (Å²) in [5.41, 5.74) is 3.04. The number of carbonyl (C=O) groups excluding carboxylic acids is 1. The van der Waals surface area contributed by atoms with E-state index in [1.54, 1.807) is 0 Å². The fourth-order valence-electron chi connectivity index (χ4n) is 7.12. The van der Waals surface area contributed by atoms with Crippen LogP contribution in [0.25, 0.3) is 10.8 Å². The lowest BCUT2D eigenvalue weighted by Gasteiger charge is -2.43. The summed E-state index contributed by atoms with van der Waals surface area (Å²) >= 11 is 6.70. The standard InChI is InChI=1S/C34H39ClFN7O2/c1-23(36)32(44)43-18-17-42(19-25(43)11-15-37)31-26-12-16-41(29-10-5-8-24-7-4-9-27(35)30(24)29)20-28(26)38-33(39-31)45-22-34(13-6-14-34)21-40(2)3/h4-5,7-10,25H,1,6,11-14,16-22H2,2-3H3. The van der Waals surface area contributed by atoms with Crippen molar-refractivity contribution in [3.63, 3.8) is 0 Å². The van der Waals surface area contributed by atoms with Crippen LogP contribution < -0.4 is 14.5 Å². The highest BCUT2D eigenvalue weighted by Crippen LogP contribution is 2.42. The van der Waals surface area contributed by atoms with Gasteiger partial charge in [-0.25, -0.2) is 4.39 Å². The Hall–Kier alpha value is -3.94. The summed E-state index contributed by atoms with van der Waals surface area (Å²) in [6.07, 6.45) is 4.16. The van der Waals surface area contributed by atoms with Gasteiger partial charge in [0.1, 0.15) is 5.82 Å². The first kappa shape index (κ1) is 31.1. The van der Waals surface area contributed by atoms with E-state index >= 15 is 0 Å². The number of halogens is 2. The third kappa shape index (κ3) is 6.29. The second-order valence-electron chi connectivity index (χ2n) is 12.8. The molecule has 45 heavy (non-hydrogen) atoms. The van der Waals surface area contributed by atoms with Crippen molar-refractivity contribution in [1.82, 2.24) is 19.8 Å². The molecule has 1 saturated heterocycles. The third-order valence-electron chi connectivity index (χ3n) is 9.37. The molecule has 0 spiro atoms. The van der Waals surface area contributed by atoms with E-state index in [4.69, 9.17) is 26.3 Å². The van der Waals surface area contributed by atoms with Gasteiger partial charge < -0.3 is 24.3 Å². The monoisotopic (exact) mass is 631 g/mol. The number of ether oxygens (including phenoxy) is 1. The Balaban J connectivity index is 1.34. The molecule has 0 bridgehead atoms. The van der Waals surface area contributed by atoms with Gasteiger partial charge in [-0.1, -0.05) is 48.9 Å². The van der Waals surface area contributed by atoms with Crippen molar-refractivity contribution >= 4 is 39.8 Å². The van der Waals surface area contributed by atoms with E-state index in [9.17, 15) is 14.4 Å². The van der Waals surface area contributed by atoms with Gasteiger partial charge in [0.05, 0.1) is 42.4 Å². The fraction of sp³-hybridized carbons (Fsp3) is 0.471. The Morgan fingerprint density at radius 3 is 2.64 bits per heavy atom. The molecule has 2 fully saturated rings. The predicted molar refractivity (Wildman–Crippen MR) is 174 cm³/mol. The van der Waals surface area contributed by atoms with Crippen LogP contribution in [-0.4, -0.2) is 85.1 Å². The van der Waals surface area contributed by atoms with Crippen LogP contribution in [0.5, 0.6) is 6.01 Å². The normalized spacial score (nSPS) is 19.2. The van der Waals surface area contributed by atoms with Crippen molar-refractivity contribution in [1.29, 1.82) is 5.26 Å². The molecule has 11 heteroatoms. The Morgan fingerprint density at radius 1 is 1.18 bits per heavy atom. The number of nitrogens with zero attached hydrogens (tertiary/aromatic N) is 7. The van der Waals surface area contributed by atoms with Crippen LogP contribution in [-0.2, 0) is 17.8 Å². The summed E-state index contributed by atoms with van der Waals surface area (Å²) in [4.78, 5) is 30.5. The van der Waals surface area contributed by atoms with Crippen LogP contribution in [0.15, 0.2) is 48.8 Å². The molecule has 1 atom stereocenters. The number of rotatable bonds is 9. The van der Waals surface area contributed by atoms with Crippen LogP contribution in [0.1, 0.15) is 36.9 Å². The van der Waals surface area contributed by atoms with Gasteiger partial charge >= 0.3 is 6.01 Å². The van der Waals surface area contributed by atoms with E-state index in [0.29, 0.717) is 43.7 Å². The minimum Gasteiger partial charge on any atom is -0.463 e. The van der Waals surface area contributed by atoms with Crippen LogP contribution in [0, 0.1) is 16.7 Å². The van der Waals surface area contributed by atoms with Crippen LogP contribution in [0.2, 0.25) is 5.02 Å². The molecule has 2 aromatic carbocycles. The summed E-state index contributed by atoms with van der Waals surface area (Å²) < 4.78 is 20.3. The Labute approximate surface area is 268 Å². The lowest BCUT2D eigenvalue weighted by atomic mass is 9.69. The van der Waals surface area contributed by atoms with Gasteiger partial charge in [0.15, 0.2) is 5.83 Å². The predicted octanol–water partition coefficient (Wildman–Crippen LogP) is 5.37. The van der Waals surface area contributed by atoms with Crippen LogP contribution in [0.3, 0.4) is 0 Å². The van der Waals surface area contributed by atoms with Crippen molar-refractivity contribution in [2.75, 3.05) is 63.2 Å². The first-order chi connectivity index (χ1) is 21.7. The molecule has 3 aromatic rings. The lowest BCUT2D eigenvalue weighted by molar-refractivity contribution is -0.131. The number of carbonyl (C=O) groups is 1. The second-order valence-corrected chi connectivity index (χ2v) is 13.2. The van der Waals surface area contributed by atoms with E-state index in [1.165, 1.54) is 11.3 Å². The number of nitriles is 1. The molecule has 1 unspecified atom stereocenters. The van der Waals surface area contributed by atoms with Gasteiger partial charge in [-0.2, -0.15) is 15.2 Å². The van der Waals surface area contributed by atoms with E-state index in [2.05, 4.69) is 65.7 Å². The highest BCUT2D eigenvalue weighted by atomic mass is 35.5. The number of benzene rings is 2. The number of anilines is 2. The topological polar surface area (TPSA) is 88.8 Å². The molecule has 1 saturated carbocycles. The minimum absolute atomic E-state index is 0.0767. The fourth-order valence-corrected chi connectivity index (χ4v) is 7.40. The number of aromatic nitrogens is 2. The van der Waals surface area contributed by atoms with Crippen LogP contribution >= 0.6 is 11.6 Å². The smallest absolute Gasteiger partial charge is 0.318 e. The Kier molecular flexibility index (Phi) is 8.85. The molecule has 3 heterocycles. The number of hydrogen-bond acceptors (Lipinski definition) is 8. The molecule has 236 valence electrons. The highest BCUT2D eigenvalue weighted by molar-refractivity contribution is 6.36. The maximum absolute atomic E-state index is 13.8. The maximum Gasteiger partial charge on any atom is 0.318 e. The Morgan fingerprint density at radius 2 is 1.96 bits per heavy atom. The first-order valence-corrected chi connectivity index (χ1v) is 15.9. The zero-order valence-corrected chi connectivity index (χ0v) is 26.7. The molecule has 1 aliphatic carbocycles. The van der Waals surface area contributed by atoms with Crippen molar-refractivity contribution in [3.05, 3.63) is 65.1 Å². The SMILES string of the molecule is C=C(F)C(=O)N1CCN(c2nc(OCC3(CN(C)C)CCC3)nc3c2CCN(c2cccc4cccc(Cl)c24)C3)CC1CC#N. The van der Waals surface area contributed by atoms with E-state index in [-0.39, 0.29) is 18.4 Å². The quantitative estimate of drug-likeness (QED) is 0.291. The largest absolute Gasteiger partial charge is 0.463 e. The molecule has 3 aliphatic rings.